The van der Waals surface area contributed by atoms with Gasteiger partial charge in [-0.2, -0.15) is 5.10 Å². The lowest BCUT2D eigenvalue weighted by Gasteiger charge is -2.11. The summed E-state index contributed by atoms with van der Waals surface area (Å²) in [6, 6.07) is 7.11. The normalized spacial score (nSPS) is 10.2. The first-order valence-electron chi connectivity index (χ1n) is 6.51. The lowest BCUT2D eigenvalue weighted by atomic mass is 10.2. The van der Waals surface area contributed by atoms with Crippen LogP contribution in [0.25, 0.3) is 0 Å². The predicted molar refractivity (Wildman–Crippen MR) is 81.5 cm³/mol. The van der Waals surface area contributed by atoms with Crippen LogP contribution in [0.4, 0.5) is 5.69 Å². The standard InChI is InChI=1S/C14H17ClN4O2/c1-21-13-3-2-10(15)8-12(13)16-6-5-14(20)17-9-11-4-7-18-19-11/h2-4,7-8,16H,5-6,9H2,1H3,(H,17,20)(H,18,19). The van der Waals surface area contributed by atoms with Crippen molar-refractivity contribution in [1.82, 2.24) is 15.5 Å². The lowest BCUT2D eigenvalue weighted by molar-refractivity contribution is -0.121. The van der Waals surface area contributed by atoms with Crippen molar-refractivity contribution in [2.75, 3.05) is 19.0 Å². The molecule has 7 heteroatoms. The number of anilines is 1. The Morgan fingerprint density at radius 2 is 2.29 bits per heavy atom. The fourth-order valence-electron chi connectivity index (χ4n) is 1.79. The van der Waals surface area contributed by atoms with Crippen molar-refractivity contribution in [1.29, 1.82) is 0 Å². The van der Waals surface area contributed by atoms with Gasteiger partial charge in [0.25, 0.3) is 0 Å². The van der Waals surface area contributed by atoms with Gasteiger partial charge < -0.3 is 15.4 Å². The molecule has 0 spiro atoms. The van der Waals surface area contributed by atoms with Gasteiger partial charge in [0.05, 0.1) is 25.0 Å². The van der Waals surface area contributed by atoms with E-state index in [9.17, 15) is 4.79 Å². The number of amides is 1. The maximum atomic E-state index is 11.7. The summed E-state index contributed by atoms with van der Waals surface area (Å²) >= 11 is 5.94. The van der Waals surface area contributed by atoms with Crippen molar-refractivity contribution in [3.63, 3.8) is 0 Å². The highest BCUT2D eigenvalue weighted by atomic mass is 35.5. The monoisotopic (exact) mass is 308 g/mol. The van der Waals surface area contributed by atoms with Gasteiger partial charge in [-0.1, -0.05) is 11.6 Å². The highest BCUT2D eigenvalue weighted by Gasteiger charge is 2.05. The Labute approximate surface area is 127 Å². The minimum atomic E-state index is -0.0434. The number of nitrogens with zero attached hydrogens (tertiary/aromatic N) is 1. The molecule has 0 atom stereocenters. The topological polar surface area (TPSA) is 79.0 Å². The van der Waals surface area contributed by atoms with Crippen molar-refractivity contribution < 1.29 is 9.53 Å². The van der Waals surface area contributed by atoms with Crippen LogP contribution in [0, 0.1) is 0 Å². The number of ether oxygens (including phenoxy) is 1. The van der Waals surface area contributed by atoms with Gasteiger partial charge in [-0.3, -0.25) is 9.89 Å². The van der Waals surface area contributed by atoms with E-state index >= 15 is 0 Å². The van der Waals surface area contributed by atoms with Crippen LogP contribution >= 0.6 is 11.6 Å². The Kier molecular flexibility index (Phi) is 5.45. The fraction of sp³-hybridized carbons (Fsp3) is 0.286. The number of hydrogen-bond acceptors (Lipinski definition) is 4. The van der Waals surface area contributed by atoms with Gasteiger partial charge in [-0.15, -0.1) is 0 Å². The molecule has 1 aromatic carbocycles. The van der Waals surface area contributed by atoms with Crippen molar-refractivity contribution >= 4 is 23.2 Å². The Bertz CT molecular complexity index is 587. The summed E-state index contributed by atoms with van der Waals surface area (Å²) in [5, 5.41) is 13.2. The van der Waals surface area contributed by atoms with Gasteiger partial charge in [0.15, 0.2) is 0 Å². The first kappa shape index (κ1) is 15.2. The van der Waals surface area contributed by atoms with Crippen LogP contribution in [-0.2, 0) is 11.3 Å². The minimum absolute atomic E-state index is 0.0434. The molecule has 0 bridgehead atoms. The molecule has 0 aliphatic rings. The Hall–Kier alpha value is -2.21. The average molecular weight is 309 g/mol. The summed E-state index contributed by atoms with van der Waals surface area (Å²) in [5.41, 5.74) is 1.64. The van der Waals surface area contributed by atoms with Crippen LogP contribution in [0.1, 0.15) is 12.1 Å². The number of carbonyl (C=O) groups is 1. The van der Waals surface area contributed by atoms with Crippen LogP contribution in [-0.4, -0.2) is 29.8 Å². The van der Waals surface area contributed by atoms with Crippen LogP contribution in [0.5, 0.6) is 5.75 Å². The maximum Gasteiger partial charge on any atom is 0.222 e. The molecule has 1 amide bonds. The highest BCUT2D eigenvalue weighted by Crippen LogP contribution is 2.27. The zero-order valence-electron chi connectivity index (χ0n) is 11.6. The number of hydrogen-bond donors (Lipinski definition) is 3. The van der Waals surface area contributed by atoms with E-state index < -0.39 is 0 Å². The van der Waals surface area contributed by atoms with Crippen LogP contribution < -0.4 is 15.4 Å². The van der Waals surface area contributed by atoms with Crippen molar-refractivity contribution in [3.8, 4) is 5.75 Å². The first-order chi connectivity index (χ1) is 10.2. The van der Waals surface area contributed by atoms with E-state index in [2.05, 4.69) is 20.8 Å². The molecule has 21 heavy (non-hydrogen) atoms. The third kappa shape index (κ3) is 4.68. The number of rotatable bonds is 7. The summed E-state index contributed by atoms with van der Waals surface area (Å²) in [6.45, 7) is 0.935. The summed E-state index contributed by atoms with van der Waals surface area (Å²) in [6.07, 6.45) is 2.00. The molecule has 0 saturated heterocycles. The Morgan fingerprint density at radius 1 is 1.43 bits per heavy atom. The van der Waals surface area contributed by atoms with Crippen LogP contribution in [0.3, 0.4) is 0 Å². The van der Waals surface area contributed by atoms with Crippen LogP contribution in [0.2, 0.25) is 5.02 Å². The zero-order valence-corrected chi connectivity index (χ0v) is 12.4. The van der Waals surface area contributed by atoms with E-state index in [1.807, 2.05) is 6.07 Å². The van der Waals surface area contributed by atoms with E-state index in [0.717, 1.165) is 11.4 Å². The van der Waals surface area contributed by atoms with Crippen molar-refractivity contribution in [3.05, 3.63) is 41.2 Å². The molecule has 0 radical (unpaired) electrons. The van der Waals surface area contributed by atoms with E-state index in [-0.39, 0.29) is 5.91 Å². The number of methoxy groups -OCH3 is 1. The first-order valence-corrected chi connectivity index (χ1v) is 6.89. The molecule has 0 aliphatic carbocycles. The van der Waals surface area contributed by atoms with Crippen molar-refractivity contribution in [2.45, 2.75) is 13.0 Å². The summed E-state index contributed by atoms with van der Waals surface area (Å²) in [7, 11) is 1.59. The summed E-state index contributed by atoms with van der Waals surface area (Å²) in [4.78, 5) is 11.7. The second-order valence-corrected chi connectivity index (χ2v) is 4.82. The Balaban J connectivity index is 1.76. The molecule has 0 fully saturated rings. The van der Waals surface area contributed by atoms with Gasteiger partial charge in [0.1, 0.15) is 5.75 Å². The Morgan fingerprint density at radius 3 is 3.00 bits per heavy atom. The van der Waals surface area contributed by atoms with Gasteiger partial charge in [0, 0.05) is 24.2 Å². The van der Waals surface area contributed by atoms with Gasteiger partial charge in [0.2, 0.25) is 5.91 Å². The minimum Gasteiger partial charge on any atom is -0.495 e. The van der Waals surface area contributed by atoms with Crippen LogP contribution in [0.15, 0.2) is 30.5 Å². The molecule has 3 N–H and O–H groups in total. The third-order valence-electron chi connectivity index (χ3n) is 2.86. The molecule has 112 valence electrons. The second-order valence-electron chi connectivity index (χ2n) is 4.38. The van der Waals surface area contributed by atoms with Gasteiger partial charge >= 0.3 is 0 Å². The average Bonchev–Trinajstić information content (AvgIpc) is 2.99. The number of aromatic amines is 1. The highest BCUT2D eigenvalue weighted by molar-refractivity contribution is 6.30. The van der Waals surface area contributed by atoms with E-state index in [1.54, 1.807) is 31.5 Å². The number of benzene rings is 1. The SMILES string of the molecule is COc1ccc(Cl)cc1NCCC(=O)NCc1ccn[nH]1. The van der Waals surface area contributed by atoms with Crippen molar-refractivity contribution in [2.24, 2.45) is 0 Å². The molecule has 2 rings (SSSR count). The summed E-state index contributed by atoms with van der Waals surface area (Å²) < 4.78 is 5.22. The quantitative estimate of drug-likeness (QED) is 0.732. The molecule has 1 heterocycles. The zero-order chi connectivity index (χ0) is 15.1. The van der Waals surface area contributed by atoms with E-state index in [1.165, 1.54) is 0 Å². The molecule has 1 aromatic heterocycles. The molecule has 2 aromatic rings. The van der Waals surface area contributed by atoms with Gasteiger partial charge in [-0.05, 0) is 24.3 Å². The second kappa shape index (κ2) is 7.54. The lowest BCUT2D eigenvalue weighted by Crippen LogP contribution is -2.25. The maximum absolute atomic E-state index is 11.7. The number of H-pyrrole nitrogens is 1. The van der Waals surface area contributed by atoms with E-state index in [0.29, 0.717) is 30.3 Å². The third-order valence-corrected chi connectivity index (χ3v) is 3.10. The van der Waals surface area contributed by atoms with E-state index in [4.69, 9.17) is 16.3 Å². The number of aromatic nitrogens is 2. The number of nitrogens with one attached hydrogen (secondary N) is 3. The molecule has 0 saturated carbocycles. The predicted octanol–water partition coefficient (Wildman–Crippen LogP) is 2.19. The fourth-order valence-corrected chi connectivity index (χ4v) is 1.97. The number of halogens is 1. The largest absolute Gasteiger partial charge is 0.495 e. The molecular weight excluding hydrogens is 292 g/mol. The molecule has 6 nitrogen and oxygen atoms in total. The smallest absolute Gasteiger partial charge is 0.222 e. The number of carbonyl (C=O) groups excluding carboxylic acids is 1. The molecule has 0 unspecified atom stereocenters. The van der Waals surface area contributed by atoms with Gasteiger partial charge in [-0.25, -0.2) is 0 Å². The molecule has 0 aliphatic heterocycles. The summed E-state index contributed by atoms with van der Waals surface area (Å²) in [5.74, 6) is 0.648. The molecular formula is C14H17ClN4O2.